The first-order valence-corrected chi connectivity index (χ1v) is 7.98. The van der Waals surface area contributed by atoms with Crippen LogP contribution < -0.4 is 5.32 Å². The molecule has 20 heavy (non-hydrogen) atoms. The molecule has 1 aliphatic heterocycles. The van der Waals surface area contributed by atoms with E-state index in [1.165, 1.54) is 4.88 Å². The van der Waals surface area contributed by atoms with Gasteiger partial charge in [-0.3, -0.25) is 0 Å². The Kier molecular flexibility index (Phi) is 4.94. The summed E-state index contributed by atoms with van der Waals surface area (Å²) in [5, 5.41) is 3.46. The molecule has 0 radical (unpaired) electrons. The Morgan fingerprint density at radius 1 is 1.55 bits per heavy atom. The highest BCUT2D eigenvalue weighted by Crippen LogP contribution is 2.22. The van der Waals surface area contributed by atoms with E-state index in [0.29, 0.717) is 12.6 Å². The van der Waals surface area contributed by atoms with Gasteiger partial charge in [-0.1, -0.05) is 11.6 Å². The first-order valence-electron chi connectivity index (χ1n) is 6.79. The first kappa shape index (κ1) is 15.6. The topological polar surface area (TPSA) is 41.6 Å². The molecule has 1 unspecified atom stereocenters. The number of rotatable bonds is 3. The van der Waals surface area contributed by atoms with Crippen molar-refractivity contribution in [2.45, 2.75) is 45.4 Å². The Morgan fingerprint density at radius 3 is 2.90 bits per heavy atom. The molecule has 0 spiro atoms. The number of carbonyl (C=O) groups is 1. The van der Waals surface area contributed by atoms with Gasteiger partial charge in [0.1, 0.15) is 5.60 Å². The largest absolute Gasteiger partial charge is 0.444 e. The van der Waals surface area contributed by atoms with E-state index in [4.69, 9.17) is 16.3 Å². The van der Waals surface area contributed by atoms with Crippen molar-refractivity contribution in [1.82, 2.24) is 10.2 Å². The third-order valence-corrected chi connectivity index (χ3v) is 4.26. The summed E-state index contributed by atoms with van der Waals surface area (Å²) in [6, 6.07) is 4.26. The van der Waals surface area contributed by atoms with E-state index in [9.17, 15) is 4.79 Å². The van der Waals surface area contributed by atoms with Crippen LogP contribution in [-0.4, -0.2) is 35.7 Å². The van der Waals surface area contributed by atoms with E-state index < -0.39 is 5.60 Å². The van der Waals surface area contributed by atoms with Crippen molar-refractivity contribution in [1.29, 1.82) is 0 Å². The molecule has 6 heteroatoms. The molecular formula is C14H21ClN2O2S. The monoisotopic (exact) mass is 316 g/mol. The van der Waals surface area contributed by atoms with Gasteiger partial charge < -0.3 is 15.0 Å². The molecule has 1 saturated heterocycles. The van der Waals surface area contributed by atoms with Crippen LogP contribution in [0.5, 0.6) is 0 Å². The molecule has 1 aromatic rings. The van der Waals surface area contributed by atoms with Crippen molar-refractivity contribution < 1.29 is 9.53 Å². The Morgan fingerprint density at radius 2 is 2.30 bits per heavy atom. The van der Waals surface area contributed by atoms with Crippen LogP contribution in [-0.2, 0) is 11.3 Å². The number of ether oxygens (including phenoxy) is 1. The molecular weight excluding hydrogens is 296 g/mol. The zero-order valence-electron chi connectivity index (χ0n) is 12.1. The van der Waals surface area contributed by atoms with Crippen molar-refractivity contribution in [3.05, 3.63) is 21.3 Å². The van der Waals surface area contributed by atoms with Gasteiger partial charge in [-0.05, 0) is 39.3 Å². The molecule has 2 rings (SSSR count). The second-order valence-electron chi connectivity index (χ2n) is 6.00. The number of nitrogens with one attached hydrogen (secondary N) is 1. The Bertz CT molecular complexity index is 470. The summed E-state index contributed by atoms with van der Waals surface area (Å²) in [6.07, 6.45) is 0.735. The lowest BCUT2D eigenvalue weighted by Gasteiger charge is -2.24. The van der Waals surface area contributed by atoms with Crippen LogP contribution in [0, 0.1) is 0 Å². The minimum absolute atomic E-state index is 0.221. The van der Waals surface area contributed by atoms with E-state index in [2.05, 4.69) is 5.32 Å². The van der Waals surface area contributed by atoms with Crippen LogP contribution in [0.3, 0.4) is 0 Å². The fourth-order valence-corrected chi connectivity index (χ4v) is 3.15. The fourth-order valence-electron chi connectivity index (χ4n) is 2.11. The molecule has 4 nitrogen and oxygen atoms in total. The lowest BCUT2D eigenvalue weighted by molar-refractivity contribution is 0.0291. The quantitative estimate of drug-likeness (QED) is 0.928. The lowest BCUT2D eigenvalue weighted by Crippen LogP contribution is -2.38. The van der Waals surface area contributed by atoms with Gasteiger partial charge >= 0.3 is 6.09 Å². The maximum atomic E-state index is 11.9. The van der Waals surface area contributed by atoms with Crippen LogP contribution in [0.15, 0.2) is 12.1 Å². The summed E-state index contributed by atoms with van der Waals surface area (Å²) in [5.74, 6) is 0. The summed E-state index contributed by atoms with van der Waals surface area (Å²) in [4.78, 5) is 14.9. The average Bonchev–Trinajstić information content (AvgIpc) is 2.93. The third kappa shape index (κ3) is 4.65. The molecule has 0 bridgehead atoms. The Hall–Kier alpha value is -0.780. The number of nitrogens with zero attached hydrogens (tertiary/aromatic N) is 1. The summed E-state index contributed by atoms with van der Waals surface area (Å²) in [5.41, 5.74) is -0.434. The van der Waals surface area contributed by atoms with E-state index in [-0.39, 0.29) is 6.09 Å². The zero-order chi connectivity index (χ0) is 14.8. The van der Waals surface area contributed by atoms with Gasteiger partial charge in [0, 0.05) is 30.6 Å². The number of carbonyl (C=O) groups excluding carboxylic acids is 1. The van der Waals surface area contributed by atoms with Crippen molar-refractivity contribution >= 4 is 29.0 Å². The van der Waals surface area contributed by atoms with Crippen LogP contribution in [0.2, 0.25) is 4.34 Å². The number of likely N-dealkylation sites (tertiary alicyclic amines) is 1. The number of hydrogen-bond acceptors (Lipinski definition) is 4. The Labute approximate surface area is 129 Å². The number of halogens is 1. The highest BCUT2D eigenvalue weighted by Gasteiger charge is 2.29. The zero-order valence-corrected chi connectivity index (χ0v) is 13.7. The lowest BCUT2D eigenvalue weighted by atomic mass is 10.2. The van der Waals surface area contributed by atoms with Crippen molar-refractivity contribution in [2.24, 2.45) is 0 Å². The molecule has 1 aliphatic rings. The molecule has 0 aromatic carbocycles. The number of amides is 1. The molecule has 2 heterocycles. The Balaban J connectivity index is 1.76. The maximum Gasteiger partial charge on any atom is 0.410 e. The normalized spacial score (nSPS) is 19.4. The molecule has 1 aromatic heterocycles. The van der Waals surface area contributed by atoms with Crippen LogP contribution in [0.1, 0.15) is 32.1 Å². The molecule has 0 saturated carbocycles. The van der Waals surface area contributed by atoms with Crippen molar-refractivity contribution in [2.75, 3.05) is 13.1 Å². The van der Waals surface area contributed by atoms with Gasteiger partial charge in [-0.15, -0.1) is 11.3 Å². The number of thiophene rings is 1. The van der Waals surface area contributed by atoms with Gasteiger partial charge in [-0.2, -0.15) is 0 Å². The van der Waals surface area contributed by atoms with Gasteiger partial charge in [-0.25, -0.2) is 4.79 Å². The second-order valence-corrected chi connectivity index (χ2v) is 7.80. The van der Waals surface area contributed by atoms with Gasteiger partial charge in [0.05, 0.1) is 4.34 Å². The predicted octanol–water partition coefficient (Wildman–Crippen LogP) is 3.50. The highest BCUT2D eigenvalue weighted by atomic mass is 35.5. The standard InChI is InChI=1S/C14H21ClN2O2S/c1-14(2,3)19-13(18)17-7-6-10(9-17)16-8-11-4-5-12(15)20-11/h4-5,10,16H,6-9H2,1-3H3. The smallest absolute Gasteiger partial charge is 0.410 e. The van der Waals surface area contributed by atoms with Crippen LogP contribution in [0.25, 0.3) is 0 Å². The summed E-state index contributed by atoms with van der Waals surface area (Å²) in [6.45, 7) is 7.90. The molecule has 0 aliphatic carbocycles. The highest BCUT2D eigenvalue weighted by molar-refractivity contribution is 7.16. The molecule has 1 fully saturated rings. The maximum absolute atomic E-state index is 11.9. The molecule has 1 N–H and O–H groups in total. The first-order chi connectivity index (χ1) is 9.33. The summed E-state index contributed by atoms with van der Waals surface area (Å²) >= 11 is 7.49. The van der Waals surface area contributed by atoms with E-state index in [0.717, 1.165) is 23.8 Å². The van der Waals surface area contributed by atoms with Crippen LogP contribution >= 0.6 is 22.9 Å². The number of hydrogen-bond donors (Lipinski definition) is 1. The van der Waals surface area contributed by atoms with E-state index in [1.807, 2.05) is 32.9 Å². The minimum atomic E-state index is -0.434. The van der Waals surface area contributed by atoms with Crippen LogP contribution in [0.4, 0.5) is 4.79 Å². The fraction of sp³-hybridized carbons (Fsp3) is 0.643. The minimum Gasteiger partial charge on any atom is -0.444 e. The molecule has 112 valence electrons. The van der Waals surface area contributed by atoms with Gasteiger partial charge in [0.25, 0.3) is 0 Å². The van der Waals surface area contributed by atoms with Gasteiger partial charge in [0.15, 0.2) is 0 Å². The second kappa shape index (κ2) is 6.33. The van der Waals surface area contributed by atoms with Crippen molar-refractivity contribution in [3.8, 4) is 0 Å². The predicted molar refractivity (Wildman–Crippen MR) is 82.4 cm³/mol. The van der Waals surface area contributed by atoms with E-state index >= 15 is 0 Å². The molecule has 1 amide bonds. The average molecular weight is 317 g/mol. The van der Waals surface area contributed by atoms with Gasteiger partial charge in [0.2, 0.25) is 0 Å². The van der Waals surface area contributed by atoms with Crippen molar-refractivity contribution in [3.63, 3.8) is 0 Å². The SMILES string of the molecule is CC(C)(C)OC(=O)N1CCC(NCc2ccc(Cl)s2)C1. The molecule has 1 atom stereocenters. The third-order valence-electron chi connectivity index (χ3n) is 3.03. The summed E-state index contributed by atoms with van der Waals surface area (Å²) < 4.78 is 6.19. The van der Waals surface area contributed by atoms with E-state index in [1.54, 1.807) is 16.2 Å². The summed E-state index contributed by atoms with van der Waals surface area (Å²) in [7, 11) is 0.